The first-order valence-corrected chi connectivity index (χ1v) is 11.5. The van der Waals surface area contributed by atoms with E-state index in [0.29, 0.717) is 25.1 Å². The number of carbonyl (C=O) groups is 1. The number of ether oxygens (including phenoxy) is 1. The average Bonchev–Trinajstić information content (AvgIpc) is 3.04. The second-order valence-corrected chi connectivity index (χ2v) is 8.88. The quantitative estimate of drug-likeness (QED) is 0.297. The van der Waals surface area contributed by atoms with E-state index in [1.54, 1.807) is 0 Å². The predicted molar refractivity (Wildman–Crippen MR) is 109 cm³/mol. The van der Waals surface area contributed by atoms with Crippen molar-refractivity contribution < 1.29 is 26.5 Å². The molecule has 0 aliphatic carbocycles. The Bertz CT molecular complexity index is 526. The van der Waals surface area contributed by atoms with E-state index in [4.69, 9.17) is 4.74 Å². The predicted octanol–water partition coefficient (Wildman–Crippen LogP) is 0.708. The molecule has 0 amide bonds. The maximum absolute atomic E-state index is 11.8. The minimum atomic E-state index is -0.00845. The minimum Gasteiger partial charge on any atom is -1.00 e. The molecule has 3 heterocycles. The van der Waals surface area contributed by atoms with Gasteiger partial charge in [0.05, 0.1) is 30.8 Å². The van der Waals surface area contributed by atoms with Gasteiger partial charge in [-0.15, -0.1) is 0 Å². The summed E-state index contributed by atoms with van der Waals surface area (Å²) in [4.78, 5) is 11.8. The molecule has 1 fully saturated rings. The Morgan fingerprint density at radius 2 is 1.79 bits per heavy atom. The highest BCUT2D eigenvalue weighted by Crippen LogP contribution is 2.31. The number of halogens is 1. The lowest BCUT2D eigenvalue weighted by atomic mass is 9.99. The van der Waals surface area contributed by atoms with Gasteiger partial charge in [0.2, 0.25) is 0 Å². The molecule has 0 bridgehead atoms. The largest absolute Gasteiger partial charge is 1.00 e. The Morgan fingerprint density at radius 1 is 1.04 bits per heavy atom. The van der Waals surface area contributed by atoms with E-state index in [1.807, 2.05) is 0 Å². The fourth-order valence-corrected chi connectivity index (χ4v) is 5.07. The van der Waals surface area contributed by atoms with Crippen LogP contribution in [0.3, 0.4) is 0 Å². The maximum Gasteiger partial charge on any atom is 0.346 e. The SMILES string of the molecule is CCCCCCCC(=O)OCCCC[C@H]1C[C@H]2CC[C@H]3C[C@@H](C)NC(=[N+]23)N1.[Cl-]. The number of rotatable bonds is 11. The molecule has 3 rings (SSSR count). The summed E-state index contributed by atoms with van der Waals surface area (Å²) in [6.45, 7) is 5.09. The van der Waals surface area contributed by atoms with E-state index in [1.165, 1.54) is 57.3 Å². The number of nitrogens with zero attached hydrogens (tertiary/aromatic N) is 1. The van der Waals surface area contributed by atoms with Crippen molar-refractivity contribution >= 4 is 11.9 Å². The molecule has 4 atom stereocenters. The zero-order chi connectivity index (χ0) is 19.1. The number of hydrogen-bond acceptors (Lipinski definition) is 4. The van der Waals surface area contributed by atoms with Gasteiger partial charge < -0.3 is 17.1 Å². The number of esters is 1. The van der Waals surface area contributed by atoms with E-state index in [2.05, 4.69) is 29.1 Å². The number of carbonyl (C=O) groups excluding carboxylic acids is 1. The zero-order valence-corrected chi connectivity index (χ0v) is 18.6. The molecule has 0 saturated carbocycles. The van der Waals surface area contributed by atoms with Crippen LogP contribution in [-0.4, -0.2) is 47.3 Å². The van der Waals surface area contributed by atoms with E-state index >= 15 is 0 Å². The molecule has 28 heavy (non-hydrogen) atoms. The molecular formula is C22H40ClN3O2. The van der Waals surface area contributed by atoms with Crippen molar-refractivity contribution in [3.63, 3.8) is 0 Å². The Morgan fingerprint density at radius 3 is 2.57 bits per heavy atom. The van der Waals surface area contributed by atoms with Gasteiger partial charge in [0.25, 0.3) is 0 Å². The van der Waals surface area contributed by atoms with Crippen molar-refractivity contribution in [1.82, 2.24) is 10.6 Å². The highest BCUT2D eigenvalue weighted by atomic mass is 35.5. The van der Waals surface area contributed by atoms with Crippen LogP contribution in [0.5, 0.6) is 0 Å². The van der Waals surface area contributed by atoms with Crippen molar-refractivity contribution in [2.24, 2.45) is 0 Å². The molecule has 162 valence electrons. The fourth-order valence-electron chi connectivity index (χ4n) is 5.07. The van der Waals surface area contributed by atoms with Gasteiger partial charge in [-0.1, -0.05) is 32.6 Å². The van der Waals surface area contributed by atoms with Crippen LogP contribution in [0.4, 0.5) is 0 Å². The Labute approximate surface area is 177 Å². The highest BCUT2D eigenvalue weighted by molar-refractivity contribution is 5.76. The molecule has 0 radical (unpaired) electrons. The fraction of sp³-hybridized carbons (Fsp3) is 0.909. The van der Waals surface area contributed by atoms with Crippen LogP contribution >= 0.6 is 0 Å². The first kappa shape index (κ1) is 23.3. The van der Waals surface area contributed by atoms with E-state index in [0.717, 1.165) is 37.8 Å². The summed E-state index contributed by atoms with van der Waals surface area (Å²) < 4.78 is 8.03. The Hall–Kier alpha value is -0.970. The summed E-state index contributed by atoms with van der Waals surface area (Å²) in [5, 5.41) is 7.41. The molecule has 0 aromatic rings. The highest BCUT2D eigenvalue weighted by Gasteiger charge is 2.44. The van der Waals surface area contributed by atoms with Gasteiger partial charge in [-0.05, 0) is 45.4 Å². The lowest BCUT2D eigenvalue weighted by molar-refractivity contribution is -0.593. The molecule has 0 unspecified atom stereocenters. The molecule has 1 saturated heterocycles. The smallest absolute Gasteiger partial charge is 0.346 e. The van der Waals surface area contributed by atoms with Gasteiger partial charge in [0.1, 0.15) is 0 Å². The van der Waals surface area contributed by atoms with Gasteiger partial charge in [-0.2, -0.15) is 0 Å². The van der Waals surface area contributed by atoms with E-state index in [-0.39, 0.29) is 18.4 Å². The standard InChI is InChI=1S/C22H39N3O2.ClH/c1-3-4-5-6-7-11-21(26)27-14-9-8-10-18-16-20-13-12-19-15-17(2)23-22(24-18)25(19)20;/h17-20H,3-16H2,1-2H3,(H,23,24);1H/t17-,18+,19+,20-;/m1./s1. The second kappa shape index (κ2) is 11.9. The lowest BCUT2D eigenvalue weighted by Gasteiger charge is -2.35. The third kappa shape index (κ3) is 6.53. The average molecular weight is 414 g/mol. The molecular weight excluding hydrogens is 374 g/mol. The summed E-state index contributed by atoms with van der Waals surface area (Å²) in [7, 11) is 0. The minimum absolute atomic E-state index is 0. The number of guanidine groups is 1. The zero-order valence-electron chi connectivity index (χ0n) is 17.9. The van der Waals surface area contributed by atoms with E-state index < -0.39 is 0 Å². The molecule has 5 nitrogen and oxygen atoms in total. The van der Waals surface area contributed by atoms with Crippen molar-refractivity contribution in [2.45, 2.75) is 121 Å². The molecule has 6 heteroatoms. The van der Waals surface area contributed by atoms with Gasteiger partial charge in [-0.25, -0.2) is 0 Å². The summed E-state index contributed by atoms with van der Waals surface area (Å²) in [5.41, 5.74) is 0. The summed E-state index contributed by atoms with van der Waals surface area (Å²) in [6.07, 6.45) is 15.0. The third-order valence-electron chi connectivity index (χ3n) is 6.48. The van der Waals surface area contributed by atoms with Crippen molar-refractivity contribution in [2.75, 3.05) is 6.61 Å². The van der Waals surface area contributed by atoms with Crippen molar-refractivity contribution in [1.29, 1.82) is 0 Å². The first-order valence-electron chi connectivity index (χ1n) is 11.5. The van der Waals surface area contributed by atoms with Gasteiger partial charge in [-0.3, -0.25) is 20.0 Å². The topological polar surface area (TPSA) is 53.4 Å². The molecule has 2 N–H and O–H groups in total. The number of unbranched alkanes of at least 4 members (excludes halogenated alkanes) is 5. The van der Waals surface area contributed by atoms with Gasteiger partial charge in [0, 0.05) is 19.3 Å². The maximum atomic E-state index is 11.8. The Kier molecular flexibility index (Phi) is 9.90. The molecule has 0 aromatic carbocycles. The van der Waals surface area contributed by atoms with Crippen LogP contribution in [0, 0.1) is 0 Å². The van der Waals surface area contributed by atoms with Crippen LogP contribution < -0.4 is 23.0 Å². The molecule has 3 aliphatic rings. The number of hydrogen-bond donors (Lipinski definition) is 2. The summed E-state index contributed by atoms with van der Waals surface area (Å²) in [6, 6.07) is 2.61. The lowest BCUT2D eigenvalue weighted by Crippen LogP contribution is -3.00. The normalized spacial score (nSPS) is 28.1. The van der Waals surface area contributed by atoms with Gasteiger partial charge >= 0.3 is 11.9 Å². The molecule has 0 aromatic heterocycles. The van der Waals surface area contributed by atoms with Crippen LogP contribution in [0.1, 0.15) is 97.3 Å². The second-order valence-electron chi connectivity index (χ2n) is 8.88. The van der Waals surface area contributed by atoms with Crippen molar-refractivity contribution in [3.05, 3.63) is 0 Å². The van der Waals surface area contributed by atoms with Crippen LogP contribution in [0.25, 0.3) is 0 Å². The van der Waals surface area contributed by atoms with Gasteiger partial charge in [0.15, 0.2) is 0 Å². The van der Waals surface area contributed by atoms with Crippen LogP contribution in [-0.2, 0) is 9.53 Å². The van der Waals surface area contributed by atoms with Crippen LogP contribution in [0.2, 0.25) is 0 Å². The molecule has 0 spiro atoms. The van der Waals surface area contributed by atoms with E-state index in [9.17, 15) is 4.79 Å². The summed E-state index contributed by atoms with van der Waals surface area (Å²) in [5.74, 6) is 1.28. The van der Waals surface area contributed by atoms with Crippen molar-refractivity contribution in [3.8, 4) is 0 Å². The van der Waals surface area contributed by atoms with Crippen LogP contribution in [0.15, 0.2) is 0 Å². The third-order valence-corrected chi connectivity index (χ3v) is 6.48. The molecule has 3 aliphatic heterocycles. The summed E-state index contributed by atoms with van der Waals surface area (Å²) >= 11 is 0. The Balaban J connectivity index is 0.00000280. The first-order chi connectivity index (χ1) is 13.2. The monoisotopic (exact) mass is 413 g/mol. The number of nitrogens with one attached hydrogen (secondary N) is 2.